The van der Waals surface area contributed by atoms with Crippen LogP contribution >= 0.6 is 11.3 Å². The van der Waals surface area contributed by atoms with Crippen LogP contribution in [-0.4, -0.2) is 54.4 Å². The molecule has 0 radical (unpaired) electrons. The first-order valence-corrected chi connectivity index (χ1v) is 11.9. The van der Waals surface area contributed by atoms with Crippen molar-refractivity contribution in [3.05, 3.63) is 41.4 Å². The van der Waals surface area contributed by atoms with Crippen LogP contribution in [0.5, 0.6) is 0 Å². The molecule has 30 heavy (non-hydrogen) atoms. The Hall–Kier alpha value is -2.41. The van der Waals surface area contributed by atoms with Crippen LogP contribution in [0, 0.1) is 11.8 Å². The smallest absolute Gasteiger partial charge is 0.230 e. The Bertz CT molecular complexity index is 908. The van der Waals surface area contributed by atoms with E-state index in [0.29, 0.717) is 13.1 Å². The van der Waals surface area contributed by atoms with Crippen molar-refractivity contribution in [2.24, 2.45) is 11.8 Å². The molecule has 0 bridgehead atoms. The molecule has 2 aliphatic heterocycles. The highest BCUT2D eigenvalue weighted by atomic mass is 32.1. The summed E-state index contributed by atoms with van der Waals surface area (Å²) in [5.74, 6) is -0.0291. The summed E-state index contributed by atoms with van der Waals surface area (Å²) in [4.78, 5) is 37.5. The lowest BCUT2D eigenvalue weighted by molar-refractivity contribution is -0.143. The van der Waals surface area contributed by atoms with Crippen molar-refractivity contribution in [2.75, 3.05) is 42.5 Å². The third-order valence-corrected chi connectivity index (χ3v) is 7.67. The van der Waals surface area contributed by atoms with Crippen LogP contribution in [0.15, 0.2) is 35.8 Å². The lowest BCUT2D eigenvalue weighted by atomic mass is 9.77. The van der Waals surface area contributed by atoms with Gasteiger partial charge in [-0.05, 0) is 30.9 Å². The van der Waals surface area contributed by atoms with E-state index in [-0.39, 0.29) is 23.7 Å². The normalized spacial score (nSPS) is 24.1. The zero-order chi connectivity index (χ0) is 20.5. The Morgan fingerprint density at radius 1 is 0.933 bits per heavy atom. The number of amides is 2. The van der Waals surface area contributed by atoms with Crippen LogP contribution in [0.3, 0.4) is 0 Å². The van der Waals surface area contributed by atoms with E-state index >= 15 is 0 Å². The molecule has 2 atom stereocenters. The van der Waals surface area contributed by atoms with Gasteiger partial charge < -0.3 is 14.7 Å². The molecular weight excluding hydrogens is 396 g/mol. The Balaban J connectivity index is 1.27. The molecule has 1 saturated carbocycles. The van der Waals surface area contributed by atoms with E-state index in [2.05, 4.69) is 16.0 Å². The Labute approximate surface area is 181 Å². The molecule has 1 aromatic heterocycles. The zero-order valence-corrected chi connectivity index (χ0v) is 18.0. The minimum Gasteiger partial charge on any atom is -0.345 e. The van der Waals surface area contributed by atoms with Gasteiger partial charge in [-0.15, -0.1) is 11.3 Å². The van der Waals surface area contributed by atoms with Crippen LogP contribution in [0.2, 0.25) is 0 Å². The minimum absolute atomic E-state index is 0.152. The molecule has 3 heterocycles. The highest BCUT2D eigenvalue weighted by molar-refractivity contribution is 7.13. The fourth-order valence-corrected chi connectivity index (χ4v) is 5.91. The molecule has 0 unspecified atom stereocenters. The van der Waals surface area contributed by atoms with Gasteiger partial charge in [-0.2, -0.15) is 0 Å². The summed E-state index contributed by atoms with van der Waals surface area (Å²) < 4.78 is 0. The summed E-state index contributed by atoms with van der Waals surface area (Å²) in [6.45, 7) is 3.78. The number of rotatable bonds is 3. The molecule has 2 aromatic rings. The van der Waals surface area contributed by atoms with Gasteiger partial charge in [0.1, 0.15) is 0 Å². The number of carbonyl (C=O) groups excluding carboxylic acids is 2. The average molecular weight is 425 g/mol. The van der Waals surface area contributed by atoms with Gasteiger partial charge >= 0.3 is 0 Å². The summed E-state index contributed by atoms with van der Waals surface area (Å²) in [5, 5.41) is 3.02. The van der Waals surface area contributed by atoms with Gasteiger partial charge in [0.15, 0.2) is 5.13 Å². The average Bonchev–Trinajstić information content (AvgIpc) is 3.49. The lowest BCUT2D eigenvalue weighted by Gasteiger charge is -2.39. The predicted octanol–water partition coefficient (Wildman–Crippen LogP) is 3.19. The van der Waals surface area contributed by atoms with Crippen molar-refractivity contribution < 1.29 is 9.59 Å². The second kappa shape index (κ2) is 8.38. The van der Waals surface area contributed by atoms with Crippen LogP contribution in [0.1, 0.15) is 31.2 Å². The summed E-state index contributed by atoms with van der Waals surface area (Å²) >= 11 is 1.64. The summed E-state index contributed by atoms with van der Waals surface area (Å²) in [6.07, 6.45) is 6.46. The molecule has 2 fully saturated rings. The number of para-hydroxylation sites is 1. The molecule has 1 aromatic carbocycles. The molecule has 3 aliphatic rings. The molecule has 7 heteroatoms. The van der Waals surface area contributed by atoms with E-state index in [9.17, 15) is 9.59 Å². The number of thiazole rings is 1. The van der Waals surface area contributed by atoms with E-state index in [1.54, 1.807) is 11.3 Å². The third-order valence-electron chi connectivity index (χ3n) is 6.83. The van der Waals surface area contributed by atoms with E-state index in [1.807, 2.05) is 39.6 Å². The van der Waals surface area contributed by atoms with Gasteiger partial charge in [-0.3, -0.25) is 9.59 Å². The van der Waals surface area contributed by atoms with Crippen molar-refractivity contribution in [3.63, 3.8) is 0 Å². The number of nitrogens with zero attached hydrogens (tertiary/aromatic N) is 4. The van der Waals surface area contributed by atoms with Crippen molar-refractivity contribution in [3.8, 4) is 0 Å². The first-order chi connectivity index (χ1) is 14.7. The van der Waals surface area contributed by atoms with E-state index in [4.69, 9.17) is 0 Å². The summed E-state index contributed by atoms with van der Waals surface area (Å²) in [6, 6.07) is 8.17. The molecule has 2 amide bonds. The molecule has 0 N–H and O–H groups in total. The number of piperazine rings is 1. The summed E-state index contributed by atoms with van der Waals surface area (Å²) in [5.41, 5.74) is 2.28. The summed E-state index contributed by atoms with van der Waals surface area (Å²) in [7, 11) is 0. The molecule has 5 rings (SSSR count). The first-order valence-electron chi connectivity index (χ1n) is 11.0. The van der Waals surface area contributed by atoms with Gasteiger partial charge in [0.25, 0.3) is 0 Å². The Morgan fingerprint density at radius 3 is 2.40 bits per heavy atom. The Morgan fingerprint density at radius 2 is 1.67 bits per heavy atom. The number of fused-ring (bicyclic) bond motifs is 1. The second-order valence-electron chi connectivity index (χ2n) is 8.49. The van der Waals surface area contributed by atoms with Crippen LogP contribution in [0.4, 0.5) is 10.8 Å². The molecule has 1 aliphatic carbocycles. The highest BCUT2D eigenvalue weighted by Gasteiger charge is 2.41. The third kappa shape index (κ3) is 3.60. The topological polar surface area (TPSA) is 56.8 Å². The van der Waals surface area contributed by atoms with Crippen LogP contribution < -0.4 is 9.80 Å². The molecule has 6 nitrogen and oxygen atoms in total. The van der Waals surface area contributed by atoms with Crippen molar-refractivity contribution in [1.82, 2.24) is 9.88 Å². The maximum Gasteiger partial charge on any atom is 0.230 e. The maximum atomic E-state index is 13.5. The molecule has 158 valence electrons. The number of hydrogen-bond donors (Lipinski definition) is 0. The van der Waals surface area contributed by atoms with E-state index in [1.165, 1.54) is 5.56 Å². The fourth-order valence-electron chi connectivity index (χ4n) is 5.21. The highest BCUT2D eigenvalue weighted by Crippen LogP contribution is 2.37. The first kappa shape index (κ1) is 19.5. The Kier molecular flexibility index (Phi) is 5.46. The molecule has 0 spiro atoms. The monoisotopic (exact) mass is 424 g/mol. The van der Waals surface area contributed by atoms with Gasteiger partial charge in [-0.1, -0.05) is 31.0 Å². The number of benzene rings is 1. The number of aromatic nitrogens is 1. The van der Waals surface area contributed by atoms with Gasteiger partial charge in [-0.25, -0.2) is 4.98 Å². The van der Waals surface area contributed by atoms with Crippen LogP contribution in [-0.2, 0) is 16.0 Å². The van der Waals surface area contributed by atoms with Crippen LogP contribution in [0.25, 0.3) is 0 Å². The quantitative estimate of drug-likeness (QED) is 0.759. The minimum atomic E-state index is -0.186. The largest absolute Gasteiger partial charge is 0.345 e. The molecule has 1 saturated heterocycles. The fraction of sp³-hybridized carbons (Fsp3) is 0.522. The lowest BCUT2D eigenvalue weighted by Crippen LogP contribution is -2.53. The molecular formula is C23H28N4O2S. The predicted molar refractivity (Wildman–Crippen MR) is 119 cm³/mol. The van der Waals surface area contributed by atoms with E-state index in [0.717, 1.165) is 62.6 Å². The SMILES string of the molecule is O=C([C@@H]1CCCC[C@H]1C(=O)N1CCc2ccccc21)N1CCN(c2nccs2)CC1. The number of carbonyl (C=O) groups is 2. The van der Waals surface area contributed by atoms with E-state index < -0.39 is 0 Å². The van der Waals surface area contributed by atoms with Gasteiger partial charge in [0.2, 0.25) is 11.8 Å². The van der Waals surface area contributed by atoms with Crippen molar-refractivity contribution in [1.29, 1.82) is 0 Å². The second-order valence-corrected chi connectivity index (χ2v) is 9.37. The van der Waals surface area contributed by atoms with Crippen molar-refractivity contribution in [2.45, 2.75) is 32.1 Å². The number of hydrogen-bond acceptors (Lipinski definition) is 5. The van der Waals surface area contributed by atoms with Gasteiger partial charge in [0, 0.05) is 55.9 Å². The zero-order valence-electron chi connectivity index (χ0n) is 17.2. The maximum absolute atomic E-state index is 13.5. The van der Waals surface area contributed by atoms with Crippen molar-refractivity contribution >= 4 is 34.0 Å². The number of anilines is 2. The standard InChI is InChI=1S/C23H28N4O2S/c28-21(25-12-14-26(15-13-25)23-24-10-16-30-23)18-6-2-3-7-19(18)22(29)27-11-9-17-5-1-4-8-20(17)27/h1,4-5,8,10,16,18-19H,2-3,6-7,9,11-15H2/t18-,19-/m1/s1. The van der Waals surface area contributed by atoms with Gasteiger partial charge in [0.05, 0.1) is 5.92 Å².